The van der Waals surface area contributed by atoms with Gasteiger partial charge in [0.25, 0.3) is 5.91 Å². The lowest BCUT2D eigenvalue weighted by Crippen LogP contribution is -2.26. The van der Waals surface area contributed by atoms with Crippen LogP contribution < -0.4 is 5.32 Å². The molecule has 1 heterocycles. The van der Waals surface area contributed by atoms with Gasteiger partial charge >= 0.3 is 0 Å². The van der Waals surface area contributed by atoms with Crippen molar-refractivity contribution >= 4 is 17.7 Å². The molecular formula is C12H14N4OS. The Morgan fingerprint density at radius 2 is 2.11 bits per heavy atom. The number of nitrogens with zero attached hydrogens (tertiary/aromatic N) is 2. The Bertz CT molecular complexity index is 509. The van der Waals surface area contributed by atoms with Gasteiger partial charge in [-0.25, -0.2) is 0 Å². The lowest BCUT2D eigenvalue weighted by molar-refractivity contribution is 0.0935. The highest BCUT2D eigenvalue weighted by Crippen LogP contribution is 2.18. The highest BCUT2D eigenvalue weighted by atomic mass is 32.2. The van der Waals surface area contributed by atoms with Crippen molar-refractivity contribution in [2.75, 3.05) is 6.26 Å². The van der Waals surface area contributed by atoms with Crippen LogP contribution in [0.3, 0.4) is 0 Å². The van der Waals surface area contributed by atoms with Crippen LogP contribution in [0.25, 0.3) is 0 Å². The van der Waals surface area contributed by atoms with Crippen LogP contribution in [0.15, 0.2) is 35.4 Å². The maximum atomic E-state index is 11.8. The summed E-state index contributed by atoms with van der Waals surface area (Å²) >= 11 is 1.69. The van der Waals surface area contributed by atoms with Crippen LogP contribution in [0.5, 0.6) is 0 Å². The van der Waals surface area contributed by atoms with E-state index in [4.69, 9.17) is 0 Å². The van der Waals surface area contributed by atoms with E-state index in [0.29, 0.717) is 5.69 Å². The van der Waals surface area contributed by atoms with Crippen LogP contribution in [0.2, 0.25) is 0 Å². The Morgan fingerprint density at radius 3 is 2.67 bits per heavy atom. The number of hydrogen-bond acceptors (Lipinski definition) is 4. The summed E-state index contributed by atoms with van der Waals surface area (Å²) in [6, 6.07) is 8.04. The predicted molar refractivity (Wildman–Crippen MR) is 70.5 cm³/mol. The van der Waals surface area contributed by atoms with E-state index in [1.54, 1.807) is 11.8 Å². The Kier molecular flexibility index (Phi) is 3.99. The number of hydrogen-bond donors (Lipinski definition) is 2. The third-order valence-electron chi connectivity index (χ3n) is 2.61. The third-order valence-corrected chi connectivity index (χ3v) is 3.35. The molecule has 0 aliphatic rings. The minimum Gasteiger partial charge on any atom is -0.344 e. The molecule has 1 aromatic heterocycles. The van der Waals surface area contributed by atoms with Gasteiger partial charge in [-0.05, 0) is 30.9 Å². The Morgan fingerprint density at radius 1 is 1.39 bits per heavy atom. The van der Waals surface area contributed by atoms with Crippen molar-refractivity contribution in [1.29, 1.82) is 0 Å². The molecule has 0 saturated carbocycles. The number of H-pyrrole nitrogens is 1. The maximum absolute atomic E-state index is 11.8. The first-order chi connectivity index (χ1) is 8.70. The van der Waals surface area contributed by atoms with E-state index in [1.807, 2.05) is 37.4 Å². The highest BCUT2D eigenvalue weighted by Gasteiger charge is 2.13. The van der Waals surface area contributed by atoms with Gasteiger partial charge in [0.1, 0.15) is 0 Å². The van der Waals surface area contributed by atoms with E-state index in [2.05, 4.69) is 20.7 Å². The van der Waals surface area contributed by atoms with Crippen molar-refractivity contribution in [3.05, 3.63) is 41.7 Å². The molecule has 1 atom stereocenters. The second-order valence-electron chi connectivity index (χ2n) is 3.82. The first-order valence-electron chi connectivity index (χ1n) is 5.51. The van der Waals surface area contributed by atoms with E-state index in [-0.39, 0.29) is 11.9 Å². The monoisotopic (exact) mass is 262 g/mol. The quantitative estimate of drug-likeness (QED) is 0.827. The summed E-state index contributed by atoms with van der Waals surface area (Å²) in [5.41, 5.74) is 1.35. The molecule has 94 valence electrons. The second-order valence-corrected chi connectivity index (χ2v) is 4.70. The molecule has 1 unspecified atom stereocenters. The summed E-state index contributed by atoms with van der Waals surface area (Å²) in [5, 5.41) is 12.6. The molecule has 2 N–H and O–H groups in total. The van der Waals surface area contributed by atoms with Crippen molar-refractivity contribution in [3.8, 4) is 0 Å². The normalized spacial score (nSPS) is 12.1. The standard InChI is InChI=1S/C12H14N4OS/c1-8(9-3-5-10(18-2)6-4-9)14-12(17)11-7-13-16-15-11/h3-8H,1-2H3,(H,14,17)(H,13,15,16). The zero-order chi connectivity index (χ0) is 13.0. The van der Waals surface area contributed by atoms with Crippen molar-refractivity contribution in [3.63, 3.8) is 0 Å². The summed E-state index contributed by atoms with van der Waals surface area (Å²) in [6.45, 7) is 1.94. The van der Waals surface area contributed by atoms with Gasteiger partial charge < -0.3 is 5.32 Å². The largest absolute Gasteiger partial charge is 0.344 e. The second kappa shape index (κ2) is 5.68. The van der Waals surface area contributed by atoms with Crippen molar-refractivity contribution < 1.29 is 4.79 Å². The highest BCUT2D eigenvalue weighted by molar-refractivity contribution is 7.98. The lowest BCUT2D eigenvalue weighted by atomic mass is 10.1. The van der Waals surface area contributed by atoms with Crippen molar-refractivity contribution in [1.82, 2.24) is 20.7 Å². The van der Waals surface area contributed by atoms with Gasteiger partial charge in [-0.3, -0.25) is 4.79 Å². The number of carbonyl (C=O) groups excluding carboxylic acids is 1. The molecule has 0 bridgehead atoms. The molecule has 0 radical (unpaired) electrons. The predicted octanol–water partition coefficient (Wildman–Crippen LogP) is 2.02. The summed E-state index contributed by atoms with van der Waals surface area (Å²) in [5.74, 6) is -0.231. The lowest BCUT2D eigenvalue weighted by Gasteiger charge is -2.13. The van der Waals surface area contributed by atoms with E-state index in [0.717, 1.165) is 5.56 Å². The van der Waals surface area contributed by atoms with Crippen molar-refractivity contribution in [2.45, 2.75) is 17.9 Å². The van der Waals surface area contributed by atoms with E-state index in [1.165, 1.54) is 11.1 Å². The molecule has 0 spiro atoms. The fourth-order valence-corrected chi connectivity index (χ4v) is 1.97. The molecule has 0 aliphatic carbocycles. The van der Waals surface area contributed by atoms with Gasteiger partial charge in [-0.15, -0.1) is 11.8 Å². The maximum Gasteiger partial charge on any atom is 0.273 e. The van der Waals surface area contributed by atoms with Gasteiger partial charge in [-0.1, -0.05) is 12.1 Å². The summed E-state index contributed by atoms with van der Waals surface area (Å²) in [6.07, 6.45) is 3.43. The van der Waals surface area contributed by atoms with Gasteiger partial charge in [0, 0.05) is 4.90 Å². The molecule has 18 heavy (non-hydrogen) atoms. The fourth-order valence-electron chi connectivity index (χ4n) is 1.56. The van der Waals surface area contributed by atoms with Crippen LogP contribution >= 0.6 is 11.8 Å². The summed E-state index contributed by atoms with van der Waals surface area (Å²) in [4.78, 5) is 13.0. The van der Waals surface area contributed by atoms with Gasteiger partial charge in [0.15, 0.2) is 5.69 Å². The molecule has 5 nitrogen and oxygen atoms in total. The number of rotatable bonds is 4. The number of benzene rings is 1. The molecule has 0 fully saturated rings. The van der Waals surface area contributed by atoms with Crippen LogP contribution in [0, 0.1) is 0 Å². The number of carbonyl (C=O) groups is 1. The Balaban J connectivity index is 2.02. The summed E-state index contributed by atoms with van der Waals surface area (Å²) in [7, 11) is 0. The minimum absolute atomic E-state index is 0.0647. The molecule has 6 heteroatoms. The zero-order valence-corrected chi connectivity index (χ0v) is 11.0. The summed E-state index contributed by atoms with van der Waals surface area (Å²) < 4.78 is 0. The van der Waals surface area contributed by atoms with Gasteiger partial charge in [0.05, 0.1) is 12.2 Å². The van der Waals surface area contributed by atoms with Crippen LogP contribution in [0.1, 0.15) is 29.0 Å². The number of amides is 1. The third kappa shape index (κ3) is 2.89. The van der Waals surface area contributed by atoms with E-state index >= 15 is 0 Å². The van der Waals surface area contributed by atoms with Gasteiger partial charge in [0.2, 0.25) is 0 Å². The van der Waals surface area contributed by atoms with Crippen LogP contribution in [-0.4, -0.2) is 27.6 Å². The average molecular weight is 262 g/mol. The first kappa shape index (κ1) is 12.6. The minimum atomic E-state index is -0.231. The van der Waals surface area contributed by atoms with Crippen LogP contribution in [0.4, 0.5) is 0 Å². The molecule has 2 rings (SSSR count). The number of thioether (sulfide) groups is 1. The first-order valence-corrected chi connectivity index (χ1v) is 6.74. The number of nitrogens with one attached hydrogen (secondary N) is 2. The van der Waals surface area contributed by atoms with Gasteiger partial charge in [-0.2, -0.15) is 15.4 Å². The SMILES string of the molecule is CSc1ccc(C(C)NC(=O)c2cn[nH]n2)cc1. The number of aromatic amines is 1. The van der Waals surface area contributed by atoms with E-state index < -0.39 is 0 Å². The van der Waals surface area contributed by atoms with Crippen molar-refractivity contribution in [2.24, 2.45) is 0 Å². The molecule has 0 saturated heterocycles. The molecular weight excluding hydrogens is 248 g/mol. The number of aromatic nitrogens is 3. The Labute approximate surface area is 109 Å². The van der Waals surface area contributed by atoms with Crippen LogP contribution in [-0.2, 0) is 0 Å². The average Bonchev–Trinajstić information content (AvgIpc) is 2.92. The topological polar surface area (TPSA) is 70.7 Å². The molecule has 1 aromatic carbocycles. The fraction of sp³-hybridized carbons (Fsp3) is 0.250. The molecule has 2 aromatic rings. The molecule has 1 amide bonds. The smallest absolute Gasteiger partial charge is 0.273 e. The van der Waals surface area contributed by atoms with E-state index in [9.17, 15) is 4.79 Å². The Hall–Kier alpha value is -1.82. The molecule has 0 aliphatic heterocycles. The zero-order valence-electron chi connectivity index (χ0n) is 10.2.